The van der Waals surface area contributed by atoms with E-state index in [1.54, 1.807) is 16.8 Å². The van der Waals surface area contributed by atoms with Gasteiger partial charge in [-0.25, -0.2) is 9.67 Å². The van der Waals surface area contributed by atoms with Crippen LogP contribution in [0.3, 0.4) is 0 Å². The van der Waals surface area contributed by atoms with Gasteiger partial charge in [0.2, 0.25) is 0 Å². The Bertz CT molecular complexity index is 1340. The number of aromatic nitrogens is 3. The minimum atomic E-state index is 0.288. The molecule has 152 valence electrons. The Morgan fingerprint density at radius 3 is 1.75 bits per heavy atom. The highest BCUT2D eigenvalue weighted by Crippen LogP contribution is 2.21. The highest BCUT2D eigenvalue weighted by atomic mass is 15.3. The van der Waals surface area contributed by atoms with E-state index >= 15 is 0 Å². The maximum Gasteiger partial charge on any atom is 0.192 e. The van der Waals surface area contributed by atoms with E-state index in [9.17, 15) is 10.5 Å². The zero-order chi connectivity index (χ0) is 22.2. The first-order valence-corrected chi connectivity index (χ1v) is 10.1. The predicted octanol–water partition coefficient (Wildman–Crippen LogP) is 5.45. The summed E-state index contributed by atoms with van der Waals surface area (Å²) in [6.45, 7) is 0.432. The molecule has 32 heavy (non-hydrogen) atoms. The Labute approximate surface area is 186 Å². The summed E-state index contributed by atoms with van der Waals surface area (Å²) in [7, 11) is 0. The van der Waals surface area contributed by atoms with Crippen LogP contribution in [0, 0.1) is 22.7 Å². The molecule has 4 rings (SSSR count). The van der Waals surface area contributed by atoms with Crippen molar-refractivity contribution in [1.82, 2.24) is 14.8 Å². The number of nitrogens with zero attached hydrogens (tertiary/aromatic N) is 5. The highest BCUT2D eigenvalue weighted by Gasteiger charge is 2.17. The van der Waals surface area contributed by atoms with Gasteiger partial charge in [0, 0.05) is 0 Å². The summed E-state index contributed by atoms with van der Waals surface area (Å²) in [5.41, 5.74) is 3.50. The van der Waals surface area contributed by atoms with E-state index in [-0.39, 0.29) is 5.82 Å². The Hall–Kier alpha value is -4.74. The van der Waals surface area contributed by atoms with E-state index < -0.39 is 0 Å². The number of hydrogen-bond donors (Lipinski definition) is 0. The van der Waals surface area contributed by atoms with Crippen molar-refractivity contribution in [3.8, 4) is 12.1 Å². The van der Waals surface area contributed by atoms with Crippen LogP contribution in [-0.4, -0.2) is 14.8 Å². The SMILES string of the molecule is N#C/C(=C/c1ccccc1)c1nc(/C(C#N)=C/c2ccccc2)n(Cc2ccccc2)n1. The molecule has 3 aromatic carbocycles. The molecule has 0 aliphatic carbocycles. The van der Waals surface area contributed by atoms with Crippen molar-refractivity contribution in [3.05, 3.63) is 119 Å². The van der Waals surface area contributed by atoms with Gasteiger partial charge in [0.15, 0.2) is 11.6 Å². The molecule has 0 aliphatic heterocycles. The standard InChI is InChI=1S/C27H19N5/c28-18-24(16-21-10-4-1-5-11-21)26-30-27(25(19-29)17-22-12-6-2-7-13-22)32(31-26)20-23-14-8-3-9-15-23/h1-17H,20H2/b24-16-,25-17+. The Balaban J connectivity index is 1.81. The summed E-state index contributed by atoms with van der Waals surface area (Å²) in [4.78, 5) is 4.61. The van der Waals surface area contributed by atoms with E-state index in [4.69, 9.17) is 0 Å². The van der Waals surface area contributed by atoms with Crippen LogP contribution in [0.2, 0.25) is 0 Å². The maximum atomic E-state index is 9.89. The van der Waals surface area contributed by atoms with Crippen LogP contribution in [0.5, 0.6) is 0 Å². The summed E-state index contributed by atoms with van der Waals surface area (Å²) < 4.78 is 1.68. The van der Waals surface area contributed by atoms with Crippen LogP contribution >= 0.6 is 0 Å². The van der Waals surface area contributed by atoms with Crippen molar-refractivity contribution in [2.45, 2.75) is 6.54 Å². The molecule has 0 amide bonds. The fourth-order valence-corrected chi connectivity index (χ4v) is 3.25. The normalized spacial score (nSPS) is 11.6. The second kappa shape index (κ2) is 9.84. The van der Waals surface area contributed by atoms with Crippen LogP contribution in [0.1, 0.15) is 28.3 Å². The van der Waals surface area contributed by atoms with Gasteiger partial charge in [0.05, 0.1) is 17.7 Å². The summed E-state index contributed by atoms with van der Waals surface area (Å²) in [5.74, 6) is 0.709. The number of rotatable bonds is 6. The fraction of sp³-hybridized carbons (Fsp3) is 0.0370. The zero-order valence-corrected chi connectivity index (χ0v) is 17.3. The van der Waals surface area contributed by atoms with Gasteiger partial charge in [-0.1, -0.05) is 91.0 Å². The second-order valence-corrected chi connectivity index (χ2v) is 7.06. The Morgan fingerprint density at radius 1 is 0.719 bits per heavy atom. The van der Waals surface area contributed by atoms with Gasteiger partial charge in [-0.2, -0.15) is 10.5 Å². The van der Waals surface area contributed by atoms with Crippen molar-refractivity contribution in [3.63, 3.8) is 0 Å². The minimum Gasteiger partial charge on any atom is -0.240 e. The molecular weight excluding hydrogens is 394 g/mol. The highest BCUT2D eigenvalue weighted by molar-refractivity contribution is 5.90. The van der Waals surface area contributed by atoms with Gasteiger partial charge in [0.1, 0.15) is 12.1 Å². The molecule has 0 fully saturated rings. The third-order valence-corrected chi connectivity index (χ3v) is 4.79. The molecule has 0 saturated carbocycles. The van der Waals surface area contributed by atoms with Crippen LogP contribution in [0.15, 0.2) is 91.0 Å². The summed E-state index contributed by atoms with van der Waals surface area (Å²) in [6, 6.07) is 33.4. The molecule has 0 atom stereocenters. The molecule has 0 unspecified atom stereocenters. The summed E-state index contributed by atoms with van der Waals surface area (Å²) in [5, 5.41) is 24.3. The fourth-order valence-electron chi connectivity index (χ4n) is 3.25. The Morgan fingerprint density at radius 2 is 1.22 bits per heavy atom. The summed E-state index contributed by atoms with van der Waals surface area (Å²) in [6.07, 6.45) is 3.53. The lowest BCUT2D eigenvalue weighted by atomic mass is 10.1. The van der Waals surface area contributed by atoms with Crippen LogP contribution in [-0.2, 0) is 6.54 Å². The number of nitriles is 2. The third kappa shape index (κ3) is 4.87. The molecule has 0 spiro atoms. The average Bonchev–Trinajstić information content (AvgIpc) is 3.26. The van der Waals surface area contributed by atoms with E-state index in [1.165, 1.54) is 0 Å². The van der Waals surface area contributed by atoms with Gasteiger partial charge < -0.3 is 0 Å². The lowest BCUT2D eigenvalue weighted by Gasteiger charge is -2.05. The first kappa shape index (κ1) is 20.5. The molecule has 4 aromatic rings. The van der Waals surface area contributed by atoms with Crippen molar-refractivity contribution in [2.24, 2.45) is 0 Å². The first-order chi connectivity index (χ1) is 15.8. The molecular formula is C27H19N5. The van der Waals surface area contributed by atoms with Crippen molar-refractivity contribution in [1.29, 1.82) is 10.5 Å². The predicted molar refractivity (Wildman–Crippen MR) is 125 cm³/mol. The number of benzene rings is 3. The first-order valence-electron chi connectivity index (χ1n) is 10.1. The van der Waals surface area contributed by atoms with E-state index in [2.05, 4.69) is 22.2 Å². The van der Waals surface area contributed by atoms with Crippen molar-refractivity contribution < 1.29 is 0 Å². The molecule has 0 N–H and O–H groups in total. The van der Waals surface area contributed by atoms with Gasteiger partial charge in [-0.3, -0.25) is 0 Å². The molecule has 1 aromatic heterocycles. The topological polar surface area (TPSA) is 78.3 Å². The average molecular weight is 413 g/mol. The van der Waals surface area contributed by atoms with Crippen LogP contribution in [0.25, 0.3) is 23.3 Å². The quantitative estimate of drug-likeness (QED) is 0.394. The van der Waals surface area contributed by atoms with E-state index in [1.807, 2.05) is 91.0 Å². The third-order valence-electron chi connectivity index (χ3n) is 4.79. The number of hydrogen-bond acceptors (Lipinski definition) is 4. The van der Waals surface area contributed by atoms with Gasteiger partial charge in [-0.05, 0) is 28.8 Å². The van der Waals surface area contributed by atoms with Gasteiger partial charge >= 0.3 is 0 Å². The van der Waals surface area contributed by atoms with E-state index in [0.717, 1.165) is 16.7 Å². The smallest absolute Gasteiger partial charge is 0.192 e. The molecule has 1 heterocycles. The maximum absolute atomic E-state index is 9.89. The molecule has 5 heteroatoms. The van der Waals surface area contributed by atoms with Crippen LogP contribution < -0.4 is 0 Å². The monoisotopic (exact) mass is 413 g/mol. The van der Waals surface area contributed by atoms with Gasteiger partial charge in [0.25, 0.3) is 0 Å². The van der Waals surface area contributed by atoms with Crippen LogP contribution in [0.4, 0.5) is 0 Å². The minimum absolute atomic E-state index is 0.288. The molecule has 0 aliphatic rings. The largest absolute Gasteiger partial charge is 0.240 e. The lowest BCUT2D eigenvalue weighted by molar-refractivity contribution is 0.674. The summed E-state index contributed by atoms with van der Waals surface area (Å²) >= 11 is 0. The second-order valence-electron chi connectivity index (χ2n) is 7.06. The molecule has 0 radical (unpaired) electrons. The lowest BCUT2D eigenvalue weighted by Crippen LogP contribution is -2.06. The van der Waals surface area contributed by atoms with Crippen molar-refractivity contribution in [2.75, 3.05) is 0 Å². The number of allylic oxidation sites excluding steroid dienone is 2. The van der Waals surface area contributed by atoms with E-state index in [0.29, 0.717) is 23.5 Å². The molecule has 0 bridgehead atoms. The van der Waals surface area contributed by atoms with Gasteiger partial charge in [-0.15, -0.1) is 5.10 Å². The van der Waals surface area contributed by atoms with Crippen molar-refractivity contribution >= 4 is 23.3 Å². The molecule has 5 nitrogen and oxygen atoms in total. The molecule has 0 saturated heterocycles. The zero-order valence-electron chi connectivity index (χ0n) is 17.3. The Kier molecular flexibility index (Phi) is 6.31.